The molecule has 1 aliphatic rings. The van der Waals surface area contributed by atoms with E-state index in [4.69, 9.17) is 9.47 Å². The Morgan fingerprint density at radius 2 is 1.32 bits per heavy atom. The highest BCUT2D eigenvalue weighted by Gasteiger charge is 2.12. The van der Waals surface area contributed by atoms with Crippen LogP contribution in [0.15, 0.2) is 116 Å². The van der Waals surface area contributed by atoms with E-state index in [0.717, 1.165) is 63.3 Å². The van der Waals surface area contributed by atoms with Crippen molar-refractivity contribution in [3.05, 3.63) is 132 Å². The number of rotatable bonds is 7. The molecule has 5 aromatic rings. The van der Waals surface area contributed by atoms with Crippen molar-refractivity contribution in [2.45, 2.75) is 20.8 Å². The molecule has 0 aliphatic carbocycles. The van der Waals surface area contributed by atoms with Crippen molar-refractivity contribution in [2.24, 2.45) is 0 Å². The van der Waals surface area contributed by atoms with Gasteiger partial charge in [-0.05, 0) is 103 Å². The maximum atomic E-state index is 6.30. The standard InChI is InChI=1S/C36H33N3O2/c1-25-14-15-36(27(3)26(25)2)41-33-12-5-8-28(20-33)29-16-17-37-35(22-29)30-9-6-11-32(21-30)40-34-13-7-10-31(23-34)39-19-18-38(4)24-39/h5-23H,24H2,1-4H3. The molecule has 2 heterocycles. The molecule has 4 aromatic carbocycles. The summed E-state index contributed by atoms with van der Waals surface area (Å²) in [7, 11) is 2.06. The van der Waals surface area contributed by atoms with Crippen molar-refractivity contribution in [2.75, 3.05) is 18.6 Å². The third kappa shape index (κ3) is 5.80. The lowest BCUT2D eigenvalue weighted by molar-refractivity contribution is 0.478. The molecule has 5 heteroatoms. The second-order valence-corrected chi connectivity index (χ2v) is 10.5. The molecule has 0 amide bonds. The Labute approximate surface area is 241 Å². The van der Waals surface area contributed by atoms with Crippen molar-refractivity contribution >= 4 is 5.69 Å². The number of ether oxygens (including phenoxy) is 2. The van der Waals surface area contributed by atoms with Crippen molar-refractivity contribution < 1.29 is 9.47 Å². The number of aromatic nitrogens is 1. The van der Waals surface area contributed by atoms with Crippen LogP contribution in [-0.4, -0.2) is 23.6 Å². The monoisotopic (exact) mass is 539 g/mol. The first-order chi connectivity index (χ1) is 19.9. The molecule has 0 N–H and O–H groups in total. The Hall–Kier alpha value is -5.03. The normalized spacial score (nSPS) is 12.6. The lowest BCUT2D eigenvalue weighted by Gasteiger charge is -2.19. The molecule has 41 heavy (non-hydrogen) atoms. The van der Waals surface area contributed by atoms with E-state index in [1.54, 1.807) is 0 Å². The van der Waals surface area contributed by atoms with Crippen LogP contribution in [0.3, 0.4) is 0 Å². The van der Waals surface area contributed by atoms with Gasteiger partial charge in [-0.15, -0.1) is 0 Å². The summed E-state index contributed by atoms with van der Waals surface area (Å²) in [5.41, 5.74) is 8.78. The van der Waals surface area contributed by atoms with E-state index in [2.05, 4.69) is 97.5 Å². The maximum Gasteiger partial charge on any atom is 0.130 e. The first-order valence-corrected chi connectivity index (χ1v) is 13.8. The summed E-state index contributed by atoms with van der Waals surface area (Å²) in [4.78, 5) is 8.99. The second kappa shape index (κ2) is 11.2. The van der Waals surface area contributed by atoms with Gasteiger partial charge < -0.3 is 19.3 Å². The lowest BCUT2D eigenvalue weighted by atomic mass is 10.0. The molecule has 5 nitrogen and oxygen atoms in total. The summed E-state index contributed by atoms with van der Waals surface area (Å²) in [6.07, 6.45) is 5.99. The van der Waals surface area contributed by atoms with Crippen LogP contribution in [0.2, 0.25) is 0 Å². The SMILES string of the molecule is Cc1ccc(Oc2cccc(-c3ccnc(-c4cccc(Oc5cccc(N6C=CN(C)C6)c5)c4)c3)c2)c(C)c1C. The Kier molecular flexibility index (Phi) is 7.17. The molecule has 204 valence electrons. The largest absolute Gasteiger partial charge is 0.457 e. The molecule has 0 saturated heterocycles. The molecule has 6 rings (SSSR count). The van der Waals surface area contributed by atoms with Crippen molar-refractivity contribution in [3.63, 3.8) is 0 Å². The number of hydrogen-bond acceptors (Lipinski definition) is 5. The number of hydrogen-bond donors (Lipinski definition) is 0. The number of pyridine rings is 1. The summed E-state index contributed by atoms with van der Waals surface area (Å²) in [6, 6.07) is 32.7. The molecule has 0 fully saturated rings. The highest BCUT2D eigenvalue weighted by atomic mass is 16.5. The summed E-state index contributed by atoms with van der Waals surface area (Å²) in [6.45, 7) is 7.18. The number of benzene rings is 4. The first kappa shape index (κ1) is 26.2. The maximum absolute atomic E-state index is 6.30. The van der Waals surface area contributed by atoms with Crippen LogP contribution in [0.4, 0.5) is 5.69 Å². The fourth-order valence-corrected chi connectivity index (χ4v) is 4.95. The fraction of sp³-hybridized carbons (Fsp3) is 0.139. The van der Waals surface area contributed by atoms with Crippen LogP contribution >= 0.6 is 0 Å². The Morgan fingerprint density at radius 3 is 2.10 bits per heavy atom. The lowest BCUT2D eigenvalue weighted by Crippen LogP contribution is -2.21. The predicted octanol–water partition coefficient (Wildman–Crippen LogP) is 9.11. The van der Waals surface area contributed by atoms with E-state index < -0.39 is 0 Å². The molecular weight excluding hydrogens is 506 g/mol. The van der Waals surface area contributed by atoms with E-state index in [-0.39, 0.29) is 0 Å². The summed E-state index contributed by atoms with van der Waals surface area (Å²) in [5.74, 6) is 3.24. The number of nitrogens with zero attached hydrogens (tertiary/aromatic N) is 3. The van der Waals surface area contributed by atoms with Crippen LogP contribution in [0, 0.1) is 20.8 Å². The zero-order valence-corrected chi connectivity index (χ0v) is 23.8. The average molecular weight is 540 g/mol. The van der Waals surface area contributed by atoms with Crippen LogP contribution in [-0.2, 0) is 0 Å². The predicted molar refractivity (Wildman–Crippen MR) is 167 cm³/mol. The van der Waals surface area contributed by atoms with Crippen LogP contribution < -0.4 is 14.4 Å². The molecule has 0 saturated carbocycles. The van der Waals surface area contributed by atoms with Crippen molar-refractivity contribution in [1.82, 2.24) is 9.88 Å². The Morgan fingerprint density at radius 1 is 0.634 bits per heavy atom. The molecule has 0 atom stereocenters. The average Bonchev–Trinajstić information content (AvgIpc) is 3.44. The minimum Gasteiger partial charge on any atom is -0.457 e. The molecule has 0 radical (unpaired) electrons. The topological polar surface area (TPSA) is 37.8 Å². The van der Waals surface area contributed by atoms with Gasteiger partial charge in [0, 0.05) is 43.0 Å². The quantitative estimate of drug-likeness (QED) is 0.206. The molecule has 0 unspecified atom stereocenters. The van der Waals surface area contributed by atoms with Gasteiger partial charge in [-0.2, -0.15) is 0 Å². The van der Waals surface area contributed by atoms with Crippen LogP contribution in [0.5, 0.6) is 23.0 Å². The van der Waals surface area contributed by atoms with Gasteiger partial charge in [-0.25, -0.2) is 0 Å². The summed E-state index contributed by atoms with van der Waals surface area (Å²) >= 11 is 0. The van der Waals surface area contributed by atoms with Gasteiger partial charge >= 0.3 is 0 Å². The summed E-state index contributed by atoms with van der Waals surface area (Å²) in [5, 5.41) is 0. The van der Waals surface area contributed by atoms with Crippen LogP contribution in [0.25, 0.3) is 22.4 Å². The summed E-state index contributed by atoms with van der Waals surface area (Å²) < 4.78 is 12.6. The number of anilines is 1. The van der Waals surface area contributed by atoms with Crippen molar-refractivity contribution in [3.8, 4) is 45.4 Å². The Balaban J connectivity index is 1.22. The highest BCUT2D eigenvalue weighted by molar-refractivity contribution is 5.72. The van der Waals surface area contributed by atoms with Gasteiger partial charge in [0.25, 0.3) is 0 Å². The van der Waals surface area contributed by atoms with E-state index in [1.807, 2.05) is 60.8 Å². The second-order valence-electron chi connectivity index (χ2n) is 10.5. The van der Waals surface area contributed by atoms with Crippen LogP contribution in [0.1, 0.15) is 16.7 Å². The van der Waals surface area contributed by atoms with E-state index in [0.29, 0.717) is 0 Å². The zero-order valence-electron chi connectivity index (χ0n) is 23.8. The molecule has 0 spiro atoms. The van der Waals surface area contributed by atoms with Gasteiger partial charge in [0.1, 0.15) is 23.0 Å². The molecular formula is C36H33N3O2. The third-order valence-electron chi connectivity index (χ3n) is 7.55. The van der Waals surface area contributed by atoms with Gasteiger partial charge in [0.15, 0.2) is 0 Å². The first-order valence-electron chi connectivity index (χ1n) is 13.8. The van der Waals surface area contributed by atoms with Gasteiger partial charge in [-0.3, -0.25) is 4.98 Å². The fourth-order valence-electron chi connectivity index (χ4n) is 4.95. The van der Waals surface area contributed by atoms with E-state index in [1.165, 1.54) is 11.1 Å². The highest BCUT2D eigenvalue weighted by Crippen LogP contribution is 2.34. The molecule has 1 aliphatic heterocycles. The van der Waals surface area contributed by atoms with E-state index in [9.17, 15) is 0 Å². The molecule has 0 bridgehead atoms. The van der Waals surface area contributed by atoms with E-state index >= 15 is 0 Å². The van der Waals surface area contributed by atoms with Gasteiger partial charge in [0.05, 0.1) is 12.4 Å². The minimum absolute atomic E-state index is 0.764. The Bertz CT molecular complexity index is 1740. The molecule has 1 aromatic heterocycles. The minimum atomic E-state index is 0.764. The smallest absolute Gasteiger partial charge is 0.130 e. The zero-order chi connectivity index (χ0) is 28.3. The van der Waals surface area contributed by atoms with Crippen molar-refractivity contribution in [1.29, 1.82) is 0 Å². The van der Waals surface area contributed by atoms with Gasteiger partial charge in [0.2, 0.25) is 0 Å². The van der Waals surface area contributed by atoms with Gasteiger partial charge in [-0.1, -0.05) is 36.4 Å². The third-order valence-corrected chi connectivity index (χ3v) is 7.55. The number of aryl methyl sites for hydroxylation is 1.